The molecule has 0 spiro atoms. The number of nitrogens with zero attached hydrogens (tertiary/aromatic N) is 3. The number of aromatic nitrogens is 3. The van der Waals surface area contributed by atoms with Gasteiger partial charge in [-0.1, -0.05) is 6.07 Å². The van der Waals surface area contributed by atoms with E-state index in [9.17, 15) is 4.39 Å². The van der Waals surface area contributed by atoms with Crippen LogP contribution in [0.2, 0.25) is 0 Å². The summed E-state index contributed by atoms with van der Waals surface area (Å²) in [6.45, 7) is 2.32. The van der Waals surface area contributed by atoms with Gasteiger partial charge >= 0.3 is 0 Å². The number of hydrogen-bond donors (Lipinski definition) is 0. The second kappa shape index (κ2) is 5.21. The van der Waals surface area contributed by atoms with Crippen LogP contribution >= 0.6 is 11.6 Å². The summed E-state index contributed by atoms with van der Waals surface area (Å²) in [4.78, 5) is 8.70. The zero-order chi connectivity index (χ0) is 14.1. The molecular formula is C15H13ClFN3. The van der Waals surface area contributed by atoms with Crippen LogP contribution in [0, 0.1) is 12.7 Å². The molecule has 3 rings (SSSR count). The highest BCUT2D eigenvalue weighted by molar-refractivity contribution is 6.16. The van der Waals surface area contributed by atoms with Gasteiger partial charge in [-0.2, -0.15) is 0 Å². The minimum absolute atomic E-state index is 0.249. The summed E-state index contributed by atoms with van der Waals surface area (Å²) in [5, 5.41) is 0. The van der Waals surface area contributed by atoms with Crippen molar-refractivity contribution < 1.29 is 4.39 Å². The van der Waals surface area contributed by atoms with E-state index in [1.54, 1.807) is 19.2 Å². The van der Waals surface area contributed by atoms with Gasteiger partial charge < -0.3 is 4.57 Å². The fraction of sp³-hybridized carbons (Fsp3) is 0.200. The van der Waals surface area contributed by atoms with Crippen LogP contribution in [0.5, 0.6) is 0 Å². The van der Waals surface area contributed by atoms with Gasteiger partial charge in [0.05, 0.1) is 29.2 Å². The Morgan fingerprint density at radius 3 is 2.85 bits per heavy atom. The highest BCUT2D eigenvalue weighted by Gasteiger charge is 2.13. The lowest BCUT2D eigenvalue weighted by molar-refractivity contribution is 0.620. The Labute approximate surface area is 121 Å². The van der Waals surface area contributed by atoms with E-state index in [2.05, 4.69) is 9.97 Å². The number of aryl methyl sites for hydroxylation is 1. The lowest BCUT2D eigenvalue weighted by Crippen LogP contribution is -2.05. The van der Waals surface area contributed by atoms with Gasteiger partial charge in [0.25, 0.3) is 0 Å². The fourth-order valence-electron chi connectivity index (χ4n) is 2.23. The Bertz CT molecular complexity index is 753. The van der Waals surface area contributed by atoms with Crippen molar-refractivity contribution in [3.63, 3.8) is 0 Å². The Morgan fingerprint density at radius 1 is 1.30 bits per heavy atom. The number of fused-ring (bicyclic) bond motifs is 1. The van der Waals surface area contributed by atoms with Crippen molar-refractivity contribution in [2.24, 2.45) is 0 Å². The van der Waals surface area contributed by atoms with Crippen molar-refractivity contribution in [1.82, 2.24) is 14.5 Å². The average molecular weight is 290 g/mol. The molecule has 0 aliphatic carbocycles. The minimum Gasteiger partial charge on any atom is -0.321 e. The van der Waals surface area contributed by atoms with Crippen molar-refractivity contribution in [2.75, 3.05) is 0 Å². The molecule has 2 heterocycles. The van der Waals surface area contributed by atoms with E-state index in [1.165, 1.54) is 6.07 Å². The Morgan fingerprint density at radius 2 is 2.15 bits per heavy atom. The number of rotatable bonds is 3. The number of halogens is 2. The number of pyridine rings is 1. The van der Waals surface area contributed by atoms with Crippen molar-refractivity contribution in [2.45, 2.75) is 19.3 Å². The molecule has 2 aromatic heterocycles. The van der Waals surface area contributed by atoms with E-state index in [4.69, 9.17) is 11.6 Å². The molecule has 0 unspecified atom stereocenters. The molecule has 102 valence electrons. The minimum atomic E-state index is -0.249. The second-order valence-corrected chi connectivity index (χ2v) is 4.93. The first kappa shape index (κ1) is 13.1. The number of benzene rings is 1. The molecule has 0 atom stereocenters. The zero-order valence-electron chi connectivity index (χ0n) is 11.0. The molecule has 0 radical (unpaired) electrons. The normalized spacial score (nSPS) is 11.2. The van der Waals surface area contributed by atoms with Crippen LogP contribution in [0.4, 0.5) is 4.39 Å². The van der Waals surface area contributed by atoms with Gasteiger partial charge in [0.15, 0.2) is 0 Å². The Kier molecular flexibility index (Phi) is 3.40. The predicted molar refractivity (Wildman–Crippen MR) is 77.3 cm³/mol. The molecule has 3 aromatic rings. The molecule has 0 saturated heterocycles. The SMILES string of the molecule is Cc1cc2c(cc1F)nc(CCl)n2Cc1ccccn1. The van der Waals surface area contributed by atoms with Crippen molar-refractivity contribution in [3.05, 3.63) is 59.4 Å². The molecule has 0 saturated carbocycles. The van der Waals surface area contributed by atoms with E-state index in [0.29, 0.717) is 17.6 Å². The lowest BCUT2D eigenvalue weighted by atomic mass is 10.2. The van der Waals surface area contributed by atoms with E-state index in [-0.39, 0.29) is 11.7 Å². The van der Waals surface area contributed by atoms with Gasteiger partial charge in [0.2, 0.25) is 0 Å². The summed E-state index contributed by atoms with van der Waals surface area (Å²) >= 11 is 5.95. The standard InChI is InChI=1S/C15H13ClFN3/c1-10-6-14-13(7-12(10)17)19-15(8-16)20(14)9-11-4-2-3-5-18-11/h2-7H,8-9H2,1H3. The summed E-state index contributed by atoms with van der Waals surface area (Å²) < 4.78 is 15.6. The summed E-state index contributed by atoms with van der Waals surface area (Å²) in [6, 6.07) is 9.01. The first-order valence-corrected chi connectivity index (χ1v) is 6.83. The van der Waals surface area contributed by atoms with Gasteiger partial charge in [-0.25, -0.2) is 9.37 Å². The highest BCUT2D eigenvalue weighted by Crippen LogP contribution is 2.22. The van der Waals surface area contributed by atoms with Crippen LogP contribution in [0.25, 0.3) is 11.0 Å². The van der Waals surface area contributed by atoms with Gasteiger partial charge in [-0.15, -0.1) is 11.6 Å². The predicted octanol–water partition coefficient (Wildman–Crippen LogP) is 3.67. The van der Waals surface area contributed by atoms with Crippen LogP contribution in [-0.2, 0) is 12.4 Å². The van der Waals surface area contributed by atoms with Crippen LogP contribution in [0.3, 0.4) is 0 Å². The third-order valence-electron chi connectivity index (χ3n) is 3.27. The average Bonchev–Trinajstić information content (AvgIpc) is 2.78. The molecule has 1 aromatic carbocycles. The van der Waals surface area contributed by atoms with Crippen molar-refractivity contribution in [3.8, 4) is 0 Å². The maximum atomic E-state index is 13.6. The molecule has 20 heavy (non-hydrogen) atoms. The lowest BCUT2D eigenvalue weighted by Gasteiger charge is -2.07. The summed E-state index contributed by atoms with van der Waals surface area (Å²) in [5.74, 6) is 0.751. The van der Waals surface area contributed by atoms with Gasteiger partial charge in [0, 0.05) is 12.3 Å². The van der Waals surface area contributed by atoms with Gasteiger partial charge in [-0.3, -0.25) is 4.98 Å². The third-order valence-corrected chi connectivity index (χ3v) is 3.51. The second-order valence-electron chi connectivity index (χ2n) is 4.66. The highest BCUT2D eigenvalue weighted by atomic mass is 35.5. The van der Waals surface area contributed by atoms with Crippen molar-refractivity contribution in [1.29, 1.82) is 0 Å². The molecule has 0 amide bonds. The number of hydrogen-bond acceptors (Lipinski definition) is 2. The topological polar surface area (TPSA) is 30.7 Å². The fourth-order valence-corrected chi connectivity index (χ4v) is 2.44. The maximum Gasteiger partial charge on any atom is 0.128 e. The summed E-state index contributed by atoms with van der Waals surface area (Å²) in [6.07, 6.45) is 1.75. The summed E-state index contributed by atoms with van der Waals surface area (Å²) in [7, 11) is 0. The molecule has 5 heteroatoms. The quantitative estimate of drug-likeness (QED) is 0.689. The first-order chi connectivity index (χ1) is 9.69. The summed E-state index contributed by atoms with van der Waals surface area (Å²) in [5.41, 5.74) is 3.02. The van der Waals surface area contributed by atoms with E-state index < -0.39 is 0 Å². The van der Waals surface area contributed by atoms with Crippen LogP contribution < -0.4 is 0 Å². The van der Waals surface area contributed by atoms with Crippen molar-refractivity contribution >= 4 is 22.6 Å². The molecule has 0 N–H and O–H groups in total. The third kappa shape index (κ3) is 2.27. The van der Waals surface area contributed by atoms with Crippen LogP contribution in [-0.4, -0.2) is 14.5 Å². The first-order valence-electron chi connectivity index (χ1n) is 6.30. The van der Waals surface area contributed by atoms with E-state index in [1.807, 2.05) is 22.8 Å². The van der Waals surface area contributed by atoms with E-state index in [0.717, 1.165) is 17.0 Å². The molecule has 0 aliphatic rings. The molecule has 0 aliphatic heterocycles. The van der Waals surface area contributed by atoms with E-state index >= 15 is 0 Å². The monoisotopic (exact) mass is 289 g/mol. The Hall–Kier alpha value is -1.94. The number of imidazole rings is 1. The van der Waals surface area contributed by atoms with Gasteiger partial charge in [-0.05, 0) is 30.7 Å². The molecule has 0 bridgehead atoms. The zero-order valence-corrected chi connectivity index (χ0v) is 11.7. The maximum absolute atomic E-state index is 13.6. The smallest absolute Gasteiger partial charge is 0.128 e. The van der Waals surface area contributed by atoms with Crippen LogP contribution in [0.1, 0.15) is 17.1 Å². The van der Waals surface area contributed by atoms with Crippen LogP contribution in [0.15, 0.2) is 36.5 Å². The number of alkyl halides is 1. The molecular weight excluding hydrogens is 277 g/mol. The largest absolute Gasteiger partial charge is 0.321 e. The van der Waals surface area contributed by atoms with Gasteiger partial charge in [0.1, 0.15) is 11.6 Å². The molecule has 3 nitrogen and oxygen atoms in total. The molecule has 0 fully saturated rings. The Balaban J connectivity index is 2.15.